The molecule has 0 radical (unpaired) electrons. The highest BCUT2D eigenvalue weighted by Gasteiger charge is 2.43. The van der Waals surface area contributed by atoms with E-state index in [-0.39, 0.29) is 5.95 Å². The molecule has 1 aromatic heterocycles. The fraction of sp³-hybridized carbons (Fsp3) is 0.545. The molecule has 1 saturated heterocycles. The molecule has 132 valence electrons. The zero-order chi connectivity index (χ0) is 18.0. The summed E-state index contributed by atoms with van der Waals surface area (Å²) in [6.45, 7) is 0.541. The van der Waals surface area contributed by atoms with E-state index in [4.69, 9.17) is 9.84 Å². The molecule has 0 aromatic carbocycles. The lowest BCUT2D eigenvalue weighted by atomic mass is 10.1. The highest BCUT2D eigenvalue weighted by Crippen LogP contribution is 2.25. The number of aliphatic hydroxyl groups is 3. The number of H-pyrrole nitrogens is 1. The van der Waals surface area contributed by atoms with Crippen molar-refractivity contribution in [3.8, 4) is 0 Å². The van der Waals surface area contributed by atoms with Crippen LogP contribution in [0.1, 0.15) is 6.92 Å². The Morgan fingerprint density at radius 2 is 2.12 bits per heavy atom. The fourth-order valence-electron chi connectivity index (χ4n) is 2.12. The second-order valence-electron chi connectivity index (χ2n) is 4.95. The van der Waals surface area contributed by atoms with Crippen molar-refractivity contribution in [2.24, 2.45) is 0 Å². The van der Waals surface area contributed by atoms with Crippen LogP contribution in [0.5, 0.6) is 0 Å². The zero-order valence-corrected chi connectivity index (χ0v) is 12.3. The molecule has 2 heterocycles. The van der Waals surface area contributed by atoms with Gasteiger partial charge in [-0.15, -0.1) is 0 Å². The van der Waals surface area contributed by atoms with E-state index in [1.165, 1.54) is 0 Å². The predicted octanol–water partition coefficient (Wildman–Crippen LogP) is -2.51. The van der Waals surface area contributed by atoms with Crippen LogP contribution in [0.4, 0.5) is 17.5 Å². The van der Waals surface area contributed by atoms with Crippen molar-refractivity contribution in [3.63, 3.8) is 0 Å². The van der Waals surface area contributed by atoms with Crippen molar-refractivity contribution in [3.05, 3.63) is 20.5 Å². The summed E-state index contributed by atoms with van der Waals surface area (Å²) in [5.74, 6) is -1.51. The third-order valence-corrected chi connectivity index (χ3v) is 3.19. The average Bonchev–Trinajstić information content (AvgIpc) is 2.73. The molecule has 4 atom stereocenters. The van der Waals surface area contributed by atoms with Crippen molar-refractivity contribution < 1.29 is 29.8 Å². The number of ether oxygens (including phenoxy) is 1. The lowest BCUT2D eigenvalue weighted by molar-refractivity contribution is -0.385. The smallest absolute Gasteiger partial charge is 0.375 e. The highest BCUT2D eigenvalue weighted by atomic mass is 16.6. The van der Waals surface area contributed by atoms with Crippen molar-refractivity contribution in [2.45, 2.75) is 31.5 Å². The Hall–Kier alpha value is -2.61. The van der Waals surface area contributed by atoms with E-state index in [0.717, 1.165) is 6.92 Å². The van der Waals surface area contributed by atoms with Gasteiger partial charge < -0.3 is 25.4 Å². The van der Waals surface area contributed by atoms with Crippen molar-refractivity contribution in [2.75, 3.05) is 17.2 Å². The first-order valence-corrected chi connectivity index (χ1v) is 6.70. The van der Waals surface area contributed by atoms with E-state index in [9.17, 15) is 29.9 Å². The second kappa shape index (κ2) is 6.88. The molecule has 6 N–H and O–H groups in total. The maximum atomic E-state index is 11.8. The monoisotopic (exact) mass is 345 g/mol. The number of nitrogens with one attached hydrogen (secondary N) is 3. The van der Waals surface area contributed by atoms with Gasteiger partial charge in [0, 0.05) is 6.92 Å². The van der Waals surface area contributed by atoms with Crippen molar-refractivity contribution in [1.82, 2.24) is 9.97 Å². The van der Waals surface area contributed by atoms with Gasteiger partial charge in [0.15, 0.2) is 6.23 Å². The number of hydrogen-bond acceptors (Lipinski definition) is 10. The lowest BCUT2D eigenvalue weighted by Crippen LogP contribution is -2.37. The molecule has 1 aliphatic heterocycles. The Morgan fingerprint density at radius 1 is 1.46 bits per heavy atom. The number of hydrogen-bond donors (Lipinski definition) is 6. The van der Waals surface area contributed by atoms with E-state index in [2.05, 4.69) is 15.6 Å². The number of rotatable bonds is 5. The number of nitro groups is 1. The first-order chi connectivity index (χ1) is 11.2. The molecule has 0 aliphatic carbocycles. The topological polar surface area (TPSA) is 200 Å². The Morgan fingerprint density at radius 3 is 2.62 bits per heavy atom. The molecule has 1 aromatic rings. The van der Waals surface area contributed by atoms with Crippen molar-refractivity contribution >= 4 is 23.4 Å². The molecule has 0 saturated carbocycles. The molecule has 0 bridgehead atoms. The summed E-state index contributed by atoms with van der Waals surface area (Å²) in [5.41, 5.74) is -2.12. The Balaban J connectivity index is 2.37. The van der Waals surface area contributed by atoms with Gasteiger partial charge in [-0.1, -0.05) is 0 Å². The van der Waals surface area contributed by atoms with Crippen LogP contribution < -0.4 is 16.2 Å². The molecule has 2 rings (SSSR count). The highest BCUT2D eigenvalue weighted by molar-refractivity contribution is 5.87. The van der Waals surface area contributed by atoms with Crippen LogP contribution >= 0.6 is 0 Å². The number of amides is 1. The molecule has 0 unspecified atom stereocenters. The van der Waals surface area contributed by atoms with Crippen LogP contribution in [0, 0.1) is 10.1 Å². The summed E-state index contributed by atoms with van der Waals surface area (Å²) in [6, 6.07) is 0. The van der Waals surface area contributed by atoms with Crippen LogP contribution in [0.15, 0.2) is 4.79 Å². The zero-order valence-electron chi connectivity index (χ0n) is 12.3. The Labute approximate surface area is 133 Å². The maximum Gasteiger partial charge on any atom is 0.375 e. The number of anilines is 2. The molecular weight excluding hydrogens is 330 g/mol. The standard InChI is InChI=1S/C11H15N5O8/c1-3(18)12-11-14-8(5(16(22)23)9(21)15-11)13-10-7(20)6(19)4(2-17)24-10/h4,6-7,10,17,19-20H,2H2,1H3,(H3,12,13,14,15,18,21)/t4-,6-,7-,10-/m1/s1. The number of nitrogens with zero attached hydrogens (tertiary/aromatic N) is 2. The largest absolute Gasteiger partial charge is 0.394 e. The molecule has 13 nitrogen and oxygen atoms in total. The van der Waals surface area contributed by atoms with E-state index >= 15 is 0 Å². The first kappa shape index (κ1) is 17.7. The van der Waals surface area contributed by atoms with Gasteiger partial charge in [0.05, 0.1) is 11.5 Å². The Bertz CT molecular complexity index is 706. The Kier molecular flexibility index (Phi) is 5.08. The van der Waals surface area contributed by atoms with E-state index < -0.39 is 59.0 Å². The second-order valence-corrected chi connectivity index (χ2v) is 4.95. The van der Waals surface area contributed by atoms with Crippen molar-refractivity contribution in [1.29, 1.82) is 0 Å². The van der Waals surface area contributed by atoms with Gasteiger partial charge in [-0.3, -0.25) is 30.0 Å². The van der Waals surface area contributed by atoms with Gasteiger partial charge in [0.2, 0.25) is 17.7 Å². The summed E-state index contributed by atoms with van der Waals surface area (Å²) in [6.07, 6.45) is -5.46. The van der Waals surface area contributed by atoms with Crippen LogP contribution in [0.25, 0.3) is 0 Å². The molecule has 24 heavy (non-hydrogen) atoms. The minimum Gasteiger partial charge on any atom is -0.394 e. The normalized spacial score (nSPS) is 26.2. The first-order valence-electron chi connectivity index (χ1n) is 6.70. The quantitative estimate of drug-likeness (QED) is 0.244. The number of aromatic nitrogens is 2. The molecule has 1 fully saturated rings. The molecule has 0 spiro atoms. The van der Waals surface area contributed by atoms with Gasteiger partial charge in [0.25, 0.3) is 0 Å². The average molecular weight is 345 g/mol. The summed E-state index contributed by atoms with van der Waals surface area (Å²) in [7, 11) is 0. The third-order valence-electron chi connectivity index (χ3n) is 3.19. The summed E-state index contributed by atoms with van der Waals surface area (Å²) < 4.78 is 5.11. The fourth-order valence-corrected chi connectivity index (χ4v) is 2.12. The minimum atomic E-state index is -1.54. The van der Waals surface area contributed by atoms with Gasteiger partial charge in [-0.2, -0.15) is 4.98 Å². The molecule has 13 heteroatoms. The molecule has 1 aliphatic rings. The number of carbonyl (C=O) groups is 1. The number of aliphatic hydroxyl groups excluding tert-OH is 3. The predicted molar refractivity (Wildman–Crippen MR) is 77.2 cm³/mol. The lowest BCUT2D eigenvalue weighted by Gasteiger charge is -2.17. The molecular formula is C11H15N5O8. The van der Waals surface area contributed by atoms with Crippen LogP contribution in [-0.2, 0) is 9.53 Å². The van der Waals surface area contributed by atoms with Crippen LogP contribution in [0.3, 0.4) is 0 Å². The van der Waals surface area contributed by atoms with Gasteiger partial charge >= 0.3 is 11.2 Å². The number of aromatic amines is 1. The summed E-state index contributed by atoms with van der Waals surface area (Å²) >= 11 is 0. The maximum absolute atomic E-state index is 11.8. The SMILES string of the molecule is CC(=O)Nc1nc(N[C@@H]2O[C@H](CO)[C@@H](O)[C@H]2O)c([N+](=O)[O-])c(=O)[nH]1. The van der Waals surface area contributed by atoms with Gasteiger partial charge in [-0.05, 0) is 0 Å². The number of carbonyl (C=O) groups excluding carboxylic acids is 1. The minimum absolute atomic E-state index is 0.354. The van der Waals surface area contributed by atoms with Crippen LogP contribution in [-0.4, -0.2) is 67.3 Å². The van der Waals surface area contributed by atoms with E-state index in [0.29, 0.717) is 0 Å². The molecule has 1 amide bonds. The third kappa shape index (κ3) is 3.48. The summed E-state index contributed by atoms with van der Waals surface area (Å²) in [5, 5.41) is 44.0. The van der Waals surface area contributed by atoms with Gasteiger partial charge in [0.1, 0.15) is 18.3 Å². The van der Waals surface area contributed by atoms with E-state index in [1.54, 1.807) is 0 Å². The van der Waals surface area contributed by atoms with Crippen LogP contribution in [0.2, 0.25) is 0 Å². The summed E-state index contributed by atoms with van der Waals surface area (Å²) in [4.78, 5) is 38.6. The van der Waals surface area contributed by atoms with Gasteiger partial charge in [-0.25, -0.2) is 0 Å². The van der Waals surface area contributed by atoms with E-state index in [1.807, 2.05) is 4.98 Å².